The fraction of sp³-hybridized carbons (Fsp3) is 1.00. The zero-order valence-corrected chi connectivity index (χ0v) is 12.9. The lowest BCUT2D eigenvalue weighted by molar-refractivity contribution is -0.0625. The van der Waals surface area contributed by atoms with Gasteiger partial charge in [0.15, 0.2) is 0 Å². The van der Waals surface area contributed by atoms with Gasteiger partial charge in [0.2, 0.25) is 0 Å². The maximum atomic E-state index is 6.31. The van der Waals surface area contributed by atoms with E-state index in [2.05, 4.69) is 26.1 Å². The standard InChI is InChI=1S/C16H31NO2/c1-4-17-15-14(6-5-9-16(15,2)3)19-12-13-7-10-18-11-8-13/h13-15,17H,4-12H2,1-3H3. The van der Waals surface area contributed by atoms with Crippen LogP contribution in [0.15, 0.2) is 0 Å². The van der Waals surface area contributed by atoms with Gasteiger partial charge in [0.05, 0.1) is 12.7 Å². The van der Waals surface area contributed by atoms with E-state index in [9.17, 15) is 0 Å². The molecule has 2 aliphatic rings. The van der Waals surface area contributed by atoms with Gasteiger partial charge in [0.1, 0.15) is 0 Å². The minimum absolute atomic E-state index is 0.356. The first-order chi connectivity index (χ1) is 9.13. The molecule has 0 radical (unpaired) electrons. The van der Waals surface area contributed by atoms with Crippen molar-refractivity contribution in [1.29, 1.82) is 0 Å². The minimum Gasteiger partial charge on any atom is -0.381 e. The first-order valence-corrected chi connectivity index (χ1v) is 8.06. The highest BCUT2D eigenvalue weighted by Crippen LogP contribution is 2.37. The van der Waals surface area contributed by atoms with Gasteiger partial charge in [-0.3, -0.25) is 0 Å². The molecule has 0 aromatic heterocycles. The van der Waals surface area contributed by atoms with Gasteiger partial charge in [0.25, 0.3) is 0 Å². The van der Waals surface area contributed by atoms with E-state index < -0.39 is 0 Å². The Bertz CT molecular complexity index is 261. The third-order valence-corrected chi connectivity index (χ3v) is 4.83. The highest BCUT2D eigenvalue weighted by Gasteiger charge is 2.39. The van der Waals surface area contributed by atoms with E-state index in [0.29, 0.717) is 23.5 Å². The average Bonchev–Trinajstić information content (AvgIpc) is 2.40. The van der Waals surface area contributed by atoms with Gasteiger partial charge >= 0.3 is 0 Å². The topological polar surface area (TPSA) is 30.5 Å². The maximum Gasteiger partial charge on any atom is 0.0733 e. The van der Waals surface area contributed by atoms with Crippen molar-refractivity contribution in [3.63, 3.8) is 0 Å². The van der Waals surface area contributed by atoms with Crippen molar-refractivity contribution in [2.45, 2.75) is 65.0 Å². The van der Waals surface area contributed by atoms with Gasteiger partial charge in [-0.15, -0.1) is 0 Å². The molecule has 1 heterocycles. The fourth-order valence-corrected chi connectivity index (χ4v) is 3.56. The van der Waals surface area contributed by atoms with Gasteiger partial charge in [0, 0.05) is 19.3 Å². The van der Waals surface area contributed by atoms with Crippen molar-refractivity contribution in [1.82, 2.24) is 5.32 Å². The summed E-state index contributed by atoms with van der Waals surface area (Å²) in [5.41, 5.74) is 0.356. The summed E-state index contributed by atoms with van der Waals surface area (Å²) in [4.78, 5) is 0. The molecule has 0 amide bonds. The van der Waals surface area contributed by atoms with Crippen LogP contribution in [0, 0.1) is 11.3 Å². The van der Waals surface area contributed by atoms with Crippen molar-refractivity contribution in [3.05, 3.63) is 0 Å². The molecular weight excluding hydrogens is 238 g/mol. The molecule has 0 bridgehead atoms. The molecule has 0 aromatic rings. The lowest BCUT2D eigenvalue weighted by Gasteiger charge is -2.44. The van der Waals surface area contributed by atoms with Crippen molar-refractivity contribution in [2.24, 2.45) is 11.3 Å². The zero-order valence-electron chi connectivity index (χ0n) is 12.9. The lowest BCUT2D eigenvalue weighted by Crippen LogP contribution is -2.53. The first-order valence-electron chi connectivity index (χ1n) is 8.06. The second kappa shape index (κ2) is 7.05. The summed E-state index contributed by atoms with van der Waals surface area (Å²) in [6, 6.07) is 0.506. The average molecular weight is 269 g/mol. The zero-order chi connectivity index (χ0) is 13.7. The molecule has 2 unspecified atom stereocenters. The molecule has 0 aromatic carbocycles. The van der Waals surface area contributed by atoms with Crippen LogP contribution in [-0.2, 0) is 9.47 Å². The summed E-state index contributed by atoms with van der Waals surface area (Å²) in [5.74, 6) is 0.709. The number of ether oxygens (including phenoxy) is 2. The molecule has 2 rings (SSSR count). The fourth-order valence-electron chi connectivity index (χ4n) is 3.56. The number of rotatable bonds is 5. The van der Waals surface area contributed by atoms with Crippen LogP contribution in [0.1, 0.15) is 52.9 Å². The second-order valence-electron chi connectivity index (χ2n) is 6.84. The lowest BCUT2D eigenvalue weighted by atomic mass is 9.71. The van der Waals surface area contributed by atoms with Crippen molar-refractivity contribution >= 4 is 0 Å². The van der Waals surface area contributed by atoms with Gasteiger partial charge in [-0.25, -0.2) is 0 Å². The van der Waals surface area contributed by atoms with Crippen molar-refractivity contribution < 1.29 is 9.47 Å². The number of hydrogen-bond donors (Lipinski definition) is 1. The van der Waals surface area contributed by atoms with Crippen LogP contribution in [0.5, 0.6) is 0 Å². The molecule has 19 heavy (non-hydrogen) atoms. The Labute approximate surface area is 118 Å². The summed E-state index contributed by atoms with van der Waals surface area (Å²) in [7, 11) is 0. The van der Waals surface area contributed by atoms with Crippen LogP contribution in [0.25, 0.3) is 0 Å². The Morgan fingerprint density at radius 1 is 1.21 bits per heavy atom. The van der Waals surface area contributed by atoms with E-state index in [1.54, 1.807) is 0 Å². The Hall–Kier alpha value is -0.120. The quantitative estimate of drug-likeness (QED) is 0.832. The third-order valence-electron chi connectivity index (χ3n) is 4.83. The van der Waals surface area contributed by atoms with E-state index in [1.807, 2.05) is 0 Å². The molecule has 2 fully saturated rings. The van der Waals surface area contributed by atoms with E-state index in [4.69, 9.17) is 9.47 Å². The number of nitrogens with one attached hydrogen (secondary N) is 1. The molecule has 2 atom stereocenters. The van der Waals surface area contributed by atoms with Crippen LogP contribution in [-0.4, -0.2) is 38.5 Å². The summed E-state index contributed by atoms with van der Waals surface area (Å²) in [5, 5.41) is 3.66. The van der Waals surface area contributed by atoms with E-state index in [1.165, 1.54) is 32.1 Å². The third kappa shape index (κ3) is 4.17. The Morgan fingerprint density at radius 3 is 2.63 bits per heavy atom. The smallest absolute Gasteiger partial charge is 0.0733 e. The molecule has 3 nitrogen and oxygen atoms in total. The molecule has 1 aliphatic carbocycles. The summed E-state index contributed by atoms with van der Waals surface area (Å²) < 4.78 is 11.7. The molecule has 1 saturated carbocycles. The van der Waals surface area contributed by atoms with Crippen LogP contribution >= 0.6 is 0 Å². The van der Waals surface area contributed by atoms with Crippen molar-refractivity contribution in [3.8, 4) is 0 Å². The van der Waals surface area contributed by atoms with Crippen LogP contribution in [0.2, 0.25) is 0 Å². The van der Waals surface area contributed by atoms with E-state index >= 15 is 0 Å². The molecule has 112 valence electrons. The van der Waals surface area contributed by atoms with E-state index in [0.717, 1.165) is 26.4 Å². The highest BCUT2D eigenvalue weighted by molar-refractivity contribution is 4.94. The van der Waals surface area contributed by atoms with Gasteiger partial charge in [-0.1, -0.05) is 27.2 Å². The predicted molar refractivity (Wildman–Crippen MR) is 78.4 cm³/mol. The Morgan fingerprint density at radius 2 is 1.95 bits per heavy atom. The predicted octanol–water partition coefficient (Wildman–Crippen LogP) is 2.99. The number of hydrogen-bond acceptors (Lipinski definition) is 3. The molecule has 1 aliphatic heterocycles. The Balaban J connectivity index is 1.85. The monoisotopic (exact) mass is 269 g/mol. The summed E-state index contributed by atoms with van der Waals surface area (Å²) in [6.07, 6.45) is 6.55. The molecule has 1 N–H and O–H groups in total. The highest BCUT2D eigenvalue weighted by atomic mass is 16.5. The molecule has 1 saturated heterocycles. The minimum atomic E-state index is 0.356. The SMILES string of the molecule is CCNC1C(OCC2CCOCC2)CCCC1(C)C. The largest absolute Gasteiger partial charge is 0.381 e. The Kier molecular flexibility index (Phi) is 5.67. The molecular formula is C16H31NO2. The van der Waals surface area contributed by atoms with Gasteiger partial charge in [-0.05, 0) is 43.6 Å². The van der Waals surface area contributed by atoms with Crippen LogP contribution < -0.4 is 5.32 Å². The van der Waals surface area contributed by atoms with Crippen LogP contribution in [0.3, 0.4) is 0 Å². The molecule has 3 heteroatoms. The summed E-state index contributed by atoms with van der Waals surface area (Å²) in [6.45, 7) is 10.7. The maximum absolute atomic E-state index is 6.31. The van der Waals surface area contributed by atoms with Crippen molar-refractivity contribution in [2.75, 3.05) is 26.4 Å². The molecule has 0 spiro atoms. The van der Waals surface area contributed by atoms with E-state index in [-0.39, 0.29) is 0 Å². The van der Waals surface area contributed by atoms with Gasteiger partial charge < -0.3 is 14.8 Å². The van der Waals surface area contributed by atoms with Crippen LogP contribution in [0.4, 0.5) is 0 Å². The summed E-state index contributed by atoms with van der Waals surface area (Å²) >= 11 is 0. The normalized spacial score (nSPS) is 32.4. The first kappa shape index (κ1) is 15.3. The second-order valence-corrected chi connectivity index (χ2v) is 6.84. The van der Waals surface area contributed by atoms with Gasteiger partial charge in [-0.2, -0.15) is 0 Å². The number of likely N-dealkylation sites (N-methyl/N-ethyl adjacent to an activating group) is 1.